The van der Waals surface area contributed by atoms with E-state index in [0.717, 1.165) is 51.3 Å². The molecule has 3 N–H and O–H groups in total. The number of thiophene rings is 2. The molecule has 3 aromatic heterocycles. The number of nitrogens with one attached hydrogen (secondary N) is 1. The zero-order valence-electron chi connectivity index (χ0n) is 17.7. The summed E-state index contributed by atoms with van der Waals surface area (Å²) in [7, 11) is 0. The Balaban J connectivity index is 1.29. The van der Waals surface area contributed by atoms with Gasteiger partial charge >= 0.3 is 5.97 Å². The largest absolute Gasteiger partial charge is 0.451 e. The number of anilines is 1. The molecule has 0 unspecified atom stereocenters. The molecule has 4 aromatic rings. The smallest absolute Gasteiger partial charge is 0.348 e. The molecule has 10 heteroatoms. The molecule has 0 saturated carbocycles. The summed E-state index contributed by atoms with van der Waals surface area (Å²) in [6.07, 6.45) is 2.63. The number of carbonyl (C=O) groups excluding carboxylic acids is 3. The van der Waals surface area contributed by atoms with Crippen LogP contribution in [0.3, 0.4) is 0 Å². The van der Waals surface area contributed by atoms with Crippen LogP contribution in [0.5, 0.6) is 0 Å². The first kappa shape index (κ1) is 21.4. The van der Waals surface area contributed by atoms with E-state index in [1.165, 1.54) is 22.7 Å². The number of ether oxygens (including phenoxy) is 1. The van der Waals surface area contributed by atoms with Crippen LogP contribution in [0.25, 0.3) is 15.9 Å². The third kappa shape index (κ3) is 3.91. The summed E-state index contributed by atoms with van der Waals surface area (Å²) in [6.45, 7) is 1.42. The summed E-state index contributed by atoms with van der Waals surface area (Å²) < 4.78 is 7.03. The van der Waals surface area contributed by atoms with Gasteiger partial charge in [0.1, 0.15) is 14.7 Å². The van der Waals surface area contributed by atoms with Crippen molar-refractivity contribution in [3.05, 3.63) is 63.0 Å². The van der Waals surface area contributed by atoms with Crippen molar-refractivity contribution in [1.29, 1.82) is 0 Å². The Morgan fingerprint density at radius 3 is 2.73 bits per heavy atom. The van der Waals surface area contributed by atoms with Crippen LogP contribution < -0.4 is 11.1 Å². The van der Waals surface area contributed by atoms with E-state index in [0.29, 0.717) is 15.4 Å². The van der Waals surface area contributed by atoms with E-state index in [1.807, 2.05) is 37.3 Å². The van der Waals surface area contributed by atoms with Crippen molar-refractivity contribution >= 4 is 55.7 Å². The molecule has 0 spiro atoms. The van der Waals surface area contributed by atoms with Gasteiger partial charge in [-0.3, -0.25) is 9.59 Å². The predicted molar refractivity (Wildman–Crippen MR) is 127 cm³/mol. The summed E-state index contributed by atoms with van der Waals surface area (Å²) in [4.78, 5) is 39.2. The number of primary amides is 1. The van der Waals surface area contributed by atoms with Crippen molar-refractivity contribution in [3.8, 4) is 5.69 Å². The number of nitrogens with two attached hydrogens (primary N) is 1. The second kappa shape index (κ2) is 8.45. The molecular formula is C23H20N4O4S2. The number of nitrogens with zero attached hydrogens (tertiary/aromatic N) is 2. The first-order chi connectivity index (χ1) is 15.9. The third-order valence-corrected chi connectivity index (χ3v) is 7.80. The number of hydrogen-bond acceptors (Lipinski definition) is 7. The number of fused-ring (bicyclic) bond motifs is 2. The lowest BCUT2D eigenvalue weighted by atomic mass is 10.1. The molecule has 0 aliphatic heterocycles. The first-order valence-electron chi connectivity index (χ1n) is 10.4. The fraction of sp³-hybridized carbons (Fsp3) is 0.217. The number of para-hydroxylation sites is 1. The zero-order chi connectivity index (χ0) is 23.1. The molecule has 5 rings (SSSR count). The number of esters is 1. The van der Waals surface area contributed by atoms with E-state index in [1.54, 1.807) is 10.7 Å². The van der Waals surface area contributed by atoms with Crippen LogP contribution in [0.15, 0.2) is 36.4 Å². The van der Waals surface area contributed by atoms with Crippen molar-refractivity contribution in [1.82, 2.24) is 9.78 Å². The van der Waals surface area contributed by atoms with Crippen LogP contribution in [-0.4, -0.2) is 34.2 Å². The number of rotatable bonds is 6. The Morgan fingerprint density at radius 1 is 1.18 bits per heavy atom. The van der Waals surface area contributed by atoms with E-state index in [2.05, 4.69) is 10.4 Å². The van der Waals surface area contributed by atoms with Crippen LogP contribution in [0, 0.1) is 6.92 Å². The lowest BCUT2D eigenvalue weighted by Gasteiger charge is -2.06. The van der Waals surface area contributed by atoms with E-state index >= 15 is 0 Å². The predicted octanol–water partition coefficient (Wildman–Crippen LogP) is 3.84. The lowest BCUT2D eigenvalue weighted by Crippen LogP contribution is -2.22. The van der Waals surface area contributed by atoms with Crippen LogP contribution in [0.4, 0.5) is 5.00 Å². The highest BCUT2D eigenvalue weighted by Crippen LogP contribution is 2.38. The molecule has 0 bridgehead atoms. The van der Waals surface area contributed by atoms with E-state index in [4.69, 9.17) is 10.5 Å². The van der Waals surface area contributed by atoms with Crippen molar-refractivity contribution in [2.75, 3.05) is 11.9 Å². The highest BCUT2D eigenvalue weighted by Gasteiger charge is 2.26. The number of hydrogen-bond donors (Lipinski definition) is 2. The molecule has 2 amide bonds. The van der Waals surface area contributed by atoms with Gasteiger partial charge in [-0.25, -0.2) is 9.48 Å². The molecule has 1 aliphatic rings. The zero-order valence-corrected chi connectivity index (χ0v) is 19.3. The lowest BCUT2D eigenvalue weighted by molar-refractivity contribution is -0.119. The molecule has 0 fully saturated rings. The van der Waals surface area contributed by atoms with Gasteiger partial charge in [-0.15, -0.1) is 22.7 Å². The third-order valence-electron chi connectivity index (χ3n) is 5.50. The molecule has 1 aromatic carbocycles. The minimum atomic E-state index is -0.589. The van der Waals surface area contributed by atoms with Crippen LogP contribution in [0.2, 0.25) is 0 Å². The SMILES string of the molecule is Cc1nn(-c2ccccc2)c2sc(C(=O)OCC(=O)Nc3sc4c(c3C(N)=O)CCC4)cc12. The highest BCUT2D eigenvalue weighted by atomic mass is 32.1. The van der Waals surface area contributed by atoms with E-state index in [9.17, 15) is 14.4 Å². The average molecular weight is 481 g/mol. The van der Waals surface area contributed by atoms with Gasteiger partial charge in [0.25, 0.3) is 11.8 Å². The van der Waals surface area contributed by atoms with E-state index in [-0.39, 0.29) is 0 Å². The molecule has 3 heterocycles. The fourth-order valence-electron chi connectivity index (χ4n) is 4.01. The van der Waals surface area contributed by atoms with Gasteiger partial charge in [0, 0.05) is 10.3 Å². The quantitative estimate of drug-likeness (QED) is 0.407. The minimum Gasteiger partial charge on any atom is -0.451 e. The van der Waals surface area contributed by atoms with Gasteiger partial charge in [-0.05, 0) is 49.9 Å². The van der Waals surface area contributed by atoms with Gasteiger partial charge in [-0.1, -0.05) is 18.2 Å². The molecular weight excluding hydrogens is 460 g/mol. The molecule has 0 radical (unpaired) electrons. The maximum Gasteiger partial charge on any atom is 0.348 e. The Bertz CT molecular complexity index is 1400. The van der Waals surface area contributed by atoms with Crippen LogP contribution >= 0.6 is 22.7 Å². The molecule has 1 aliphatic carbocycles. The van der Waals surface area contributed by atoms with Gasteiger partial charge in [0.15, 0.2) is 6.61 Å². The molecule has 8 nitrogen and oxygen atoms in total. The van der Waals surface area contributed by atoms with Crippen LogP contribution in [-0.2, 0) is 22.4 Å². The second-order valence-electron chi connectivity index (χ2n) is 7.71. The van der Waals surface area contributed by atoms with Crippen molar-refractivity contribution in [2.24, 2.45) is 5.73 Å². The summed E-state index contributed by atoms with van der Waals surface area (Å²) in [5, 5.41) is 8.52. The van der Waals surface area contributed by atoms with Gasteiger partial charge in [-0.2, -0.15) is 5.10 Å². The summed E-state index contributed by atoms with van der Waals surface area (Å²) in [6, 6.07) is 11.4. The summed E-state index contributed by atoms with van der Waals surface area (Å²) in [5.41, 5.74) is 8.51. The fourth-order valence-corrected chi connectivity index (χ4v) is 6.40. The molecule has 0 saturated heterocycles. The number of carbonyl (C=O) groups is 3. The maximum absolute atomic E-state index is 12.6. The van der Waals surface area contributed by atoms with Gasteiger partial charge in [0.2, 0.25) is 0 Å². The van der Waals surface area contributed by atoms with Crippen LogP contribution in [0.1, 0.15) is 42.6 Å². The topological polar surface area (TPSA) is 116 Å². The first-order valence-corrected chi connectivity index (χ1v) is 12.0. The maximum atomic E-state index is 12.6. The number of amides is 2. The minimum absolute atomic E-state index is 0.373. The Hall–Kier alpha value is -3.50. The molecule has 0 atom stereocenters. The standard InChI is InChI=1S/C23H20N4O4S2/c1-12-15-10-17(33-22(15)27(26-12)13-6-3-2-4-7-13)23(30)31-11-18(28)25-21-19(20(24)29)14-8-5-9-16(14)32-21/h2-4,6-7,10H,5,8-9,11H2,1H3,(H2,24,29)(H,25,28). The van der Waals surface area contributed by atoms with Crippen molar-refractivity contribution in [3.63, 3.8) is 0 Å². The second-order valence-corrected chi connectivity index (χ2v) is 9.85. The van der Waals surface area contributed by atoms with Crippen molar-refractivity contribution in [2.45, 2.75) is 26.2 Å². The number of aryl methyl sites for hydroxylation is 2. The van der Waals surface area contributed by atoms with Gasteiger partial charge < -0.3 is 15.8 Å². The number of aromatic nitrogens is 2. The Morgan fingerprint density at radius 2 is 1.97 bits per heavy atom. The van der Waals surface area contributed by atoms with E-state index < -0.39 is 24.4 Å². The summed E-state index contributed by atoms with van der Waals surface area (Å²) in [5.74, 6) is -1.66. The summed E-state index contributed by atoms with van der Waals surface area (Å²) >= 11 is 2.62. The van der Waals surface area contributed by atoms with Gasteiger partial charge in [0.05, 0.1) is 16.9 Å². The van der Waals surface area contributed by atoms with Crippen molar-refractivity contribution < 1.29 is 19.1 Å². The average Bonchev–Trinajstić information content (AvgIpc) is 3.54. The molecule has 33 heavy (non-hydrogen) atoms. The molecule has 168 valence electrons. The highest BCUT2D eigenvalue weighted by molar-refractivity contribution is 7.20. The monoisotopic (exact) mass is 480 g/mol. The number of benzene rings is 1. The Labute approximate surface area is 197 Å². The normalized spacial score (nSPS) is 12.6. The Kier molecular flexibility index (Phi) is 5.47.